The van der Waals surface area contributed by atoms with Crippen LogP contribution in [0.15, 0.2) is 42.6 Å². The molecule has 1 fully saturated rings. The molecule has 0 amide bonds. The smallest absolute Gasteiger partial charge is 0.130 e. The molecule has 0 bridgehead atoms. The fourth-order valence-corrected chi connectivity index (χ4v) is 2.26. The van der Waals surface area contributed by atoms with E-state index >= 15 is 0 Å². The topological polar surface area (TPSA) is 61.2 Å². The average Bonchev–Trinajstić information content (AvgIpc) is 2.57. The van der Waals surface area contributed by atoms with Crippen molar-refractivity contribution in [3.05, 3.63) is 48.2 Å². The molecule has 0 aliphatic carbocycles. The Morgan fingerprint density at radius 2 is 1.86 bits per heavy atom. The molecule has 2 heterocycles. The summed E-state index contributed by atoms with van der Waals surface area (Å²) in [6.45, 7) is 3.44. The lowest BCUT2D eigenvalue weighted by molar-refractivity contribution is 0.122. The predicted octanol–water partition coefficient (Wildman–Crippen LogP) is 2.53. The Morgan fingerprint density at radius 1 is 1.10 bits per heavy atom. The molecule has 1 aliphatic rings. The van der Waals surface area contributed by atoms with E-state index in [4.69, 9.17) is 10.00 Å². The molecule has 0 spiro atoms. The summed E-state index contributed by atoms with van der Waals surface area (Å²) in [5.41, 5.74) is 2.74. The summed E-state index contributed by atoms with van der Waals surface area (Å²) in [6.07, 6.45) is 1.56. The zero-order valence-corrected chi connectivity index (χ0v) is 11.6. The van der Waals surface area contributed by atoms with E-state index in [0.717, 1.165) is 37.8 Å². The van der Waals surface area contributed by atoms with Crippen molar-refractivity contribution in [3.63, 3.8) is 0 Å². The summed E-state index contributed by atoms with van der Waals surface area (Å²) in [6, 6.07) is 13.9. The van der Waals surface area contributed by atoms with Crippen molar-refractivity contribution in [2.75, 3.05) is 36.5 Å². The number of aromatic nitrogens is 1. The largest absolute Gasteiger partial charge is 0.378 e. The molecule has 0 saturated carbocycles. The summed E-state index contributed by atoms with van der Waals surface area (Å²) < 4.78 is 5.36. The van der Waals surface area contributed by atoms with Crippen LogP contribution in [0.25, 0.3) is 0 Å². The summed E-state index contributed by atoms with van der Waals surface area (Å²) in [7, 11) is 0. The van der Waals surface area contributed by atoms with E-state index in [1.54, 1.807) is 18.3 Å². The molecule has 0 atom stereocenters. The van der Waals surface area contributed by atoms with Gasteiger partial charge >= 0.3 is 0 Å². The molecule has 1 aromatic heterocycles. The number of anilines is 3. The fourth-order valence-electron chi connectivity index (χ4n) is 2.26. The van der Waals surface area contributed by atoms with Crippen LogP contribution in [0.1, 0.15) is 5.56 Å². The number of hydrogen-bond acceptors (Lipinski definition) is 5. The van der Waals surface area contributed by atoms with Gasteiger partial charge in [0, 0.05) is 30.7 Å². The molecule has 1 aliphatic heterocycles. The molecule has 5 heteroatoms. The van der Waals surface area contributed by atoms with Gasteiger partial charge in [0.25, 0.3) is 0 Å². The lowest BCUT2D eigenvalue weighted by Crippen LogP contribution is -2.36. The Kier molecular flexibility index (Phi) is 3.99. The minimum Gasteiger partial charge on any atom is -0.378 e. The van der Waals surface area contributed by atoms with Gasteiger partial charge in [-0.25, -0.2) is 4.98 Å². The molecule has 1 N–H and O–H groups in total. The van der Waals surface area contributed by atoms with Crippen molar-refractivity contribution >= 4 is 17.2 Å². The highest BCUT2D eigenvalue weighted by Gasteiger charge is 2.10. The number of nitrogens with one attached hydrogen (secondary N) is 1. The molecule has 0 unspecified atom stereocenters. The standard InChI is InChI=1S/C16H16N4O/c17-11-13-1-6-16(18-12-13)19-14-2-4-15(5-3-14)20-7-9-21-10-8-20/h1-6,12H,7-10H2,(H,18,19). The molecule has 1 saturated heterocycles. The van der Waals surface area contributed by atoms with E-state index in [0.29, 0.717) is 5.56 Å². The van der Waals surface area contributed by atoms with Crippen LogP contribution in [-0.2, 0) is 4.74 Å². The summed E-state index contributed by atoms with van der Waals surface area (Å²) >= 11 is 0. The fraction of sp³-hybridized carbons (Fsp3) is 0.250. The van der Waals surface area contributed by atoms with Crippen LogP contribution in [0.5, 0.6) is 0 Å². The number of pyridine rings is 1. The third kappa shape index (κ3) is 3.30. The van der Waals surface area contributed by atoms with E-state index in [1.165, 1.54) is 5.69 Å². The van der Waals surface area contributed by atoms with Gasteiger partial charge in [-0.15, -0.1) is 0 Å². The van der Waals surface area contributed by atoms with Gasteiger partial charge < -0.3 is 15.0 Å². The minimum absolute atomic E-state index is 0.559. The second-order valence-corrected chi connectivity index (χ2v) is 4.82. The first-order chi connectivity index (χ1) is 10.3. The quantitative estimate of drug-likeness (QED) is 0.936. The monoisotopic (exact) mass is 280 g/mol. The molecule has 5 nitrogen and oxygen atoms in total. The maximum atomic E-state index is 8.75. The van der Waals surface area contributed by atoms with Crippen molar-refractivity contribution in [2.45, 2.75) is 0 Å². The molecule has 21 heavy (non-hydrogen) atoms. The molecule has 2 aromatic rings. The van der Waals surface area contributed by atoms with Crippen molar-refractivity contribution in [1.29, 1.82) is 5.26 Å². The van der Waals surface area contributed by atoms with Gasteiger partial charge in [0.15, 0.2) is 0 Å². The highest BCUT2D eigenvalue weighted by molar-refractivity contribution is 5.61. The SMILES string of the molecule is N#Cc1ccc(Nc2ccc(N3CCOCC3)cc2)nc1. The molecule has 0 radical (unpaired) electrons. The van der Waals surface area contributed by atoms with Crippen molar-refractivity contribution in [1.82, 2.24) is 4.98 Å². The second kappa shape index (κ2) is 6.25. The van der Waals surface area contributed by atoms with Crippen molar-refractivity contribution < 1.29 is 4.74 Å². The van der Waals surface area contributed by atoms with Crippen LogP contribution >= 0.6 is 0 Å². The Morgan fingerprint density at radius 3 is 2.48 bits per heavy atom. The van der Waals surface area contributed by atoms with Crippen LogP contribution in [0.4, 0.5) is 17.2 Å². The first-order valence-electron chi connectivity index (χ1n) is 6.91. The third-order valence-corrected chi connectivity index (χ3v) is 3.41. The highest BCUT2D eigenvalue weighted by atomic mass is 16.5. The maximum Gasteiger partial charge on any atom is 0.130 e. The van der Waals surface area contributed by atoms with E-state index in [2.05, 4.69) is 33.4 Å². The number of ether oxygens (including phenoxy) is 1. The van der Waals surface area contributed by atoms with E-state index < -0.39 is 0 Å². The lowest BCUT2D eigenvalue weighted by Gasteiger charge is -2.28. The van der Waals surface area contributed by atoms with E-state index in [1.807, 2.05) is 12.1 Å². The first-order valence-corrected chi connectivity index (χ1v) is 6.91. The minimum atomic E-state index is 0.559. The second-order valence-electron chi connectivity index (χ2n) is 4.82. The number of rotatable bonds is 3. The number of nitriles is 1. The lowest BCUT2D eigenvalue weighted by atomic mass is 10.2. The van der Waals surface area contributed by atoms with Crippen LogP contribution in [0.2, 0.25) is 0 Å². The molecule has 1 aromatic carbocycles. The highest BCUT2D eigenvalue weighted by Crippen LogP contribution is 2.21. The Hall–Kier alpha value is -2.58. The zero-order chi connectivity index (χ0) is 14.5. The molecular formula is C16H16N4O. The average molecular weight is 280 g/mol. The van der Waals surface area contributed by atoms with Crippen molar-refractivity contribution in [3.8, 4) is 6.07 Å². The third-order valence-electron chi connectivity index (χ3n) is 3.41. The zero-order valence-electron chi connectivity index (χ0n) is 11.6. The van der Waals surface area contributed by atoms with Crippen molar-refractivity contribution in [2.24, 2.45) is 0 Å². The van der Waals surface area contributed by atoms with Gasteiger partial charge in [0.05, 0.1) is 18.8 Å². The molecule has 106 valence electrons. The Bertz CT molecular complexity index is 625. The number of benzene rings is 1. The molecular weight excluding hydrogens is 264 g/mol. The van der Waals surface area contributed by atoms with Gasteiger partial charge in [-0.3, -0.25) is 0 Å². The van der Waals surface area contributed by atoms with Gasteiger partial charge in [-0.05, 0) is 36.4 Å². The van der Waals surface area contributed by atoms with Crippen LogP contribution in [0.3, 0.4) is 0 Å². The van der Waals surface area contributed by atoms with Gasteiger partial charge in [-0.1, -0.05) is 0 Å². The number of nitrogens with zero attached hydrogens (tertiary/aromatic N) is 3. The van der Waals surface area contributed by atoms with Crippen LogP contribution < -0.4 is 10.2 Å². The van der Waals surface area contributed by atoms with Gasteiger partial charge in [0.1, 0.15) is 11.9 Å². The normalized spacial score (nSPS) is 14.5. The van der Waals surface area contributed by atoms with E-state index in [-0.39, 0.29) is 0 Å². The van der Waals surface area contributed by atoms with Gasteiger partial charge in [0.2, 0.25) is 0 Å². The summed E-state index contributed by atoms with van der Waals surface area (Å²) in [5.74, 6) is 0.730. The number of hydrogen-bond donors (Lipinski definition) is 1. The predicted molar refractivity (Wildman–Crippen MR) is 81.7 cm³/mol. The first kappa shape index (κ1) is 13.4. The van der Waals surface area contributed by atoms with Crippen LogP contribution in [0, 0.1) is 11.3 Å². The number of morpholine rings is 1. The Balaban J connectivity index is 1.67. The Labute approximate surface area is 123 Å². The van der Waals surface area contributed by atoms with Crippen LogP contribution in [-0.4, -0.2) is 31.3 Å². The summed E-state index contributed by atoms with van der Waals surface area (Å²) in [5, 5.41) is 12.0. The molecule has 3 rings (SSSR count). The van der Waals surface area contributed by atoms with E-state index in [9.17, 15) is 0 Å². The maximum absolute atomic E-state index is 8.75. The summed E-state index contributed by atoms with van der Waals surface area (Å²) in [4.78, 5) is 6.51. The van der Waals surface area contributed by atoms with Gasteiger partial charge in [-0.2, -0.15) is 5.26 Å².